The second-order valence-corrected chi connectivity index (χ2v) is 10.7. The molecule has 0 rings (SSSR count). The number of rotatable bonds is 6. The molecule has 0 spiro atoms. The van der Waals surface area contributed by atoms with Crippen molar-refractivity contribution in [3.05, 3.63) is 0 Å². The van der Waals surface area contributed by atoms with Gasteiger partial charge in [-0.05, 0) is 12.8 Å². The molecule has 0 bridgehead atoms. The summed E-state index contributed by atoms with van der Waals surface area (Å²) >= 11 is 10.1. The topological polar surface area (TPSA) is 57.5 Å². The fourth-order valence-corrected chi connectivity index (χ4v) is 6.17. The SMILES string of the molecule is CC(Br)CC(CC(C)Br)(C(C)Br)P(=O)(O)O. The maximum Gasteiger partial charge on any atom is 0.332 e. The summed E-state index contributed by atoms with van der Waals surface area (Å²) in [5, 5.41) is -1.03. The van der Waals surface area contributed by atoms with Gasteiger partial charge in [-0.3, -0.25) is 4.57 Å². The van der Waals surface area contributed by atoms with Crippen molar-refractivity contribution in [2.24, 2.45) is 0 Å². The Morgan fingerprint density at radius 2 is 1.38 bits per heavy atom. The van der Waals surface area contributed by atoms with Crippen LogP contribution < -0.4 is 0 Å². The molecular formula is C9H18Br3O3P. The number of halogens is 3. The Morgan fingerprint density at radius 1 is 1.06 bits per heavy atom. The van der Waals surface area contributed by atoms with Gasteiger partial charge < -0.3 is 9.79 Å². The van der Waals surface area contributed by atoms with Gasteiger partial charge in [0.05, 0.1) is 5.16 Å². The van der Waals surface area contributed by atoms with Crippen molar-refractivity contribution in [3.8, 4) is 0 Å². The maximum atomic E-state index is 11.8. The third-order valence-electron chi connectivity index (χ3n) is 2.59. The zero-order valence-electron chi connectivity index (χ0n) is 9.53. The van der Waals surface area contributed by atoms with E-state index in [0.717, 1.165) is 0 Å². The van der Waals surface area contributed by atoms with Crippen LogP contribution in [0.2, 0.25) is 0 Å². The van der Waals surface area contributed by atoms with E-state index < -0.39 is 12.8 Å². The minimum absolute atomic E-state index is 0.0615. The second-order valence-electron chi connectivity index (χ2n) is 4.23. The van der Waals surface area contributed by atoms with E-state index in [1.165, 1.54) is 0 Å². The lowest BCUT2D eigenvalue weighted by atomic mass is 9.94. The van der Waals surface area contributed by atoms with Gasteiger partial charge in [0.2, 0.25) is 0 Å². The highest BCUT2D eigenvalue weighted by atomic mass is 79.9. The Bertz CT molecular complexity index is 253. The standard InChI is InChI=1S/C9H18Br3O3P/c1-6(10)4-9(8(3)12,5-7(2)11)16(13,14)15/h6-8H,4-5H2,1-3H3,(H2,13,14,15). The molecule has 2 N–H and O–H groups in total. The van der Waals surface area contributed by atoms with E-state index in [1.54, 1.807) is 6.92 Å². The number of hydrogen-bond acceptors (Lipinski definition) is 1. The minimum atomic E-state index is -4.18. The van der Waals surface area contributed by atoms with Gasteiger partial charge in [0.25, 0.3) is 0 Å². The lowest BCUT2D eigenvalue weighted by molar-refractivity contribution is 0.306. The summed E-state index contributed by atoms with van der Waals surface area (Å²) in [5.41, 5.74) is 0. The summed E-state index contributed by atoms with van der Waals surface area (Å²) in [4.78, 5) is 19.1. The monoisotopic (exact) mass is 442 g/mol. The van der Waals surface area contributed by atoms with E-state index in [9.17, 15) is 14.4 Å². The van der Waals surface area contributed by atoms with Crippen LogP contribution in [0.4, 0.5) is 0 Å². The Balaban J connectivity index is 5.32. The third-order valence-corrected chi connectivity index (χ3v) is 6.38. The van der Waals surface area contributed by atoms with E-state index in [1.807, 2.05) is 13.8 Å². The number of hydrogen-bond donors (Lipinski definition) is 2. The molecule has 0 saturated carbocycles. The highest BCUT2D eigenvalue weighted by Crippen LogP contribution is 2.59. The predicted octanol–water partition coefficient (Wildman–Crippen LogP) is 4.03. The Labute approximate surface area is 122 Å². The molecule has 3 nitrogen and oxygen atoms in total. The molecule has 16 heavy (non-hydrogen) atoms. The van der Waals surface area contributed by atoms with Gasteiger partial charge in [0, 0.05) is 14.5 Å². The first-order valence-electron chi connectivity index (χ1n) is 5.01. The Hall–Kier alpha value is 1.59. The van der Waals surface area contributed by atoms with Crippen LogP contribution >= 0.6 is 55.4 Å². The van der Waals surface area contributed by atoms with Gasteiger partial charge in [0.15, 0.2) is 0 Å². The predicted molar refractivity (Wildman–Crippen MR) is 79.2 cm³/mol. The third kappa shape index (κ3) is 4.69. The van der Waals surface area contributed by atoms with Crippen molar-refractivity contribution in [1.29, 1.82) is 0 Å². The molecule has 0 heterocycles. The highest BCUT2D eigenvalue weighted by Gasteiger charge is 2.50. The van der Waals surface area contributed by atoms with Crippen LogP contribution in [0, 0.1) is 0 Å². The Kier molecular flexibility index (Phi) is 7.33. The molecule has 0 aliphatic rings. The van der Waals surface area contributed by atoms with Crippen molar-refractivity contribution >= 4 is 55.4 Å². The second kappa shape index (κ2) is 6.67. The van der Waals surface area contributed by atoms with Crippen molar-refractivity contribution in [3.63, 3.8) is 0 Å². The molecule has 0 aromatic carbocycles. The Morgan fingerprint density at radius 3 is 1.50 bits per heavy atom. The summed E-state index contributed by atoms with van der Waals surface area (Å²) in [6, 6.07) is 0. The normalized spacial score (nSPS) is 22.2. The zero-order chi connectivity index (χ0) is 13.1. The molecular weight excluding hydrogens is 427 g/mol. The van der Waals surface area contributed by atoms with E-state index in [-0.39, 0.29) is 14.5 Å². The molecule has 3 unspecified atom stereocenters. The van der Waals surface area contributed by atoms with Crippen LogP contribution in [-0.4, -0.2) is 29.4 Å². The molecule has 0 aromatic heterocycles. The highest BCUT2D eigenvalue weighted by molar-refractivity contribution is 9.10. The molecule has 7 heteroatoms. The average molecular weight is 445 g/mol. The number of alkyl halides is 3. The van der Waals surface area contributed by atoms with Crippen LogP contribution in [0.3, 0.4) is 0 Å². The smallest absolute Gasteiger partial charge is 0.324 e. The average Bonchev–Trinajstić information content (AvgIpc) is 1.97. The van der Waals surface area contributed by atoms with Crippen LogP contribution in [0.15, 0.2) is 0 Å². The van der Waals surface area contributed by atoms with Crippen LogP contribution in [0.25, 0.3) is 0 Å². The first-order chi connectivity index (χ1) is 7.03. The van der Waals surface area contributed by atoms with E-state index in [4.69, 9.17) is 0 Å². The van der Waals surface area contributed by atoms with E-state index in [0.29, 0.717) is 12.8 Å². The van der Waals surface area contributed by atoms with E-state index in [2.05, 4.69) is 47.8 Å². The molecule has 0 fully saturated rings. The van der Waals surface area contributed by atoms with Crippen molar-refractivity contribution in [1.82, 2.24) is 0 Å². The fraction of sp³-hybridized carbons (Fsp3) is 1.00. The van der Waals surface area contributed by atoms with Gasteiger partial charge in [-0.1, -0.05) is 68.6 Å². The van der Waals surface area contributed by atoms with Crippen LogP contribution in [0.5, 0.6) is 0 Å². The quantitative estimate of drug-likeness (QED) is 0.480. The first-order valence-corrected chi connectivity index (χ1v) is 9.36. The van der Waals surface area contributed by atoms with Crippen LogP contribution in [-0.2, 0) is 4.57 Å². The van der Waals surface area contributed by atoms with Gasteiger partial charge in [-0.15, -0.1) is 0 Å². The minimum Gasteiger partial charge on any atom is -0.324 e. The van der Waals surface area contributed by atoms with Crippen molar-refractivity contribution < 1.29 is 14.4 Å². The van der Waals surface area contributed by atoms with Gasteiger partial charge >= 0.3 is 7.60 Å². The molecule has 0 aliphatic carbocycles. The molecule has 0 saturated heterocycles. The molecule has 0 aromatic rings. The zero-order valence-corrected chi connectivity index (χ0v) is 15.2. The molecule has 0 aliphatic heterocycles. The summed E-state index contributed by atoms with van der Waals surface area (Å²) in [7, 11) is -4.18. The lowest BCUT2D eigenvalue weighted by Crippen LogP contribution is -2.41. The molecule has 0 amide bonds. The first kappa shape index (κ1) is 17.6. The van der Waals surface area contributed by atoms with Crippen molar-refractivity contribution in [2.45, 2.75) is 53.3 Å². The van der Waals surface area contributed by atoms with E-state index >= 15 is 0 Å². The maximum absolute atomic E-state index is 11.8. The largest absolute Gasteiger partial charge is 0.332 e. The van der Waals surface area contributed by atoms with Gasteiger partial charge in [-0.2, -0.15) is 0 Å². The fourth-order valence-electron chi connectivity index (χ4n) is 1.85. The summed E-state index contributed by atoms with van der Waals surface area (Å²) in [6.45, 7) is 5.60. The molecule has 98 valence electrons. The van der Waals surface area contributed by atoms with Crippen molar-refractivity contribution in [2.75, 3.05) is 0 Å². The summed E-state index contributed by atoms with van der Waals surface area (Å²) < 4.78 is 11.8. The van der Waals surface area contributed by atoms with Gasteiger partial charge in [-0.25, -0.2) is 0 Å². The van der Waals surface area contributed by atoms with Gasteiger partial charge in [0.1, 0.15) is 0 Å². The molecule has 3 atom stereocenters. The summed E-state index contributed by atoms with van der Waals surface area (Å²) in [6.07, 6.45) is 0.860. The molecule has 0 radical (unpaired) electrons. The summed E-state index contributed by atoms with van der Waals surface area (Å²) in [5.74, 6) is 0. The van der Waals surface area contributed by atoms with Crippen LogP contribution in [0.1, 0.15) is 33.6 Å². The lowest BCUT2D eigenvalue weighted by Gasteiger charge is -2.38.